The van der Waals surface area contributed by atoms with Crippen LogP contribution in [0.1, 0.15) is 46.8 Å². The lowest BCUT2D eigenvalue weighted by molar-refractivity contribution is -0.399. The van der Waals surface area contributed by atoms with Crippen molar-refractivity contribution < 1.29 is 52.1 Å². The summed E-state index contributed by atoms with van der Waals surface area (Å²) in [6.07, 6.45) is -15.5. The van der Waals surface area contributed by atoms with Crippen LogP contribution in [0.25, 0.3) is 41.8 Å². The van der Waals surface area contributed by atoms with Gasteiger partial charge in [0.2, 0.25) is 0 Å². The second kappa shape index (κ2) is 25.6. The fraction of sp³-hybridized carbons (Fsp3) is 0.434. The van der Waals surface area contributed by atoms with Gasteiger partial charge in [-0.1, -0.05) is 172 Å². The Bertz CT molecular complexity index is 2850. The number of azide groups is 4. The Morgan fingerprint density at radius 1 is 0.461 bits per heavy atom. The molecule has 1 saturated carbocycles. The highest BCUT2D eigenvalue weighted by Gasteiger charge is 2.58. The third kappa shape index (κ3) is 12.3. The van der Waals surface area contributed by atoms with E-state index in [4.69, 9.17) is 52.1 Å². The second-order valence-electron chi connectivity index (χ2n) is 18.6. The van der Waals surface area contributed by atoms with E-state index in [1.807, 2.05) is 152 Å². The summed E-state index contributed by atoms with van der Waals surface area (Å²) in [6, 6.07) is 43.8. The van der Waals surface area contributed by atoms with Crippen molar-refractivity contribution in [2.75, 3.05) is 13.2 Å². The lowest BCUT2D eigenvalue weighted by Crippen LogP contribution is -2.68. The number of benzene rings is 5. The highest BCUT2D eigenvalue weighted by atomic mass is 16.8. The Labute approximate surface area is 436 Å². The van der Waals surface area contributed by atoms with Crippen LogP contribution in [0.5, 0.6) is 0 Å². The minimum atomic E-state index is -1.37. The fourth-order valence-electron chi connectivity index (χ4n) is 10.3. The summed E-state index contributed by atoms with van der Waals surface area (Å²) in [6.45, 7) is 0.111. The van der Waals surface area contributed by atoms with E-state index in [2.05, 4.69) is 40.1 Å². The normalized spacial score (nSPS) is 32.8. The molecule has 76 heavy (non-hydrogen) atoms. The van der Waals surface area contributed by atoms with Crippen molar-refractivity contribution in [2.24, 2.45) is 20.5 Å². The Balaban J connectivity index is 1.04. The molecule has 1 unspecified atom stereocenters. The summed E-state index contributed by atoms with van der Waals surface area (Å²) in [5.41, 5.74) is 43.9. The molecule has 5 aromatic rings. The molecular formula is C53H54N12O11. The standard InChI is InChI=1S/C53H54N12O11/c54-62-58-27-39-45(66-28-32-16-6-1-7-17-32)47(68-30-34-20-10-3-11-21-34)49-53(70-39)73-43-38(60-64-56)26-37(59-63-55)42(48(43)75-51(76-49)36-24-14-5-15-25-36)72-52-46(67-29-33-18-8-2-9-19-33)41(61-65-57)44-40(71-52)31-69-50(74-44)35-22-12-4-13-23-35/h1-25,37-53H,26-31H2/t37-,38+,39-,40-,41+,42+,43-,44-,45-,46-,47+,48-,49-,50+,51?,52-,53-/m1/s1. The predicted octanol–water partition coefficient (Wildman–Crippen LogP) is 10.3. The topological polar surface area (TPSA) is 297 Å². The van der Waals surface area contributed by atoms with Crippen LogP contribution in [0.3, 0.4) is 0 Å². The van der Waals surface area contributed by atoms with Gasteiger partial charge in [-0.2, -0.15) is 0 Å². The number of hydrogen-bond acceptors (Lipinski definition) is 15. The van der Waals surface area contributed by atoms with Crippen LogP contribution >= 0.6 is 0 Å². The maximum Gasteiger partial charge on any atom is 0.187 e. The van der Waals surface area contributed by atoms with Gasteiger partial charge < -0.3 is 52.1 Å². The fourth-order valence-corrected chi connectivity index (χ4v) is 10.3. The molecule has 4 saturated heterocycles. The molecule has 23 heteroatoms. The molecule has 4 heterocycles. The number of fused-ring (bicyclic) bond motifs is 3. The first kappa shape index (κ1) is 52.3. The Morgan fingerprint density at radius 2 is 0.974 bits per heavy atom. The SMILES string of the molecule is [N-]=[N+]=NC[C@H]1O[C@@H]2O[C@H]3[C@H](OC(c4ccccc4)O[C@@H]2[C@@H](OCc2ccccc2)[C@@H]1OCc1ccccc1)[C@@H](O[C@H]1O[C@@H]2CO[C@H](c4ccccc4)O[C@H]2[C@H](N=[N+]=[N-])[C@H]1OCc1ccccc1)[C@H](N=[N+]=[N-])C[C@@H]3N=[N+]=[N-]. The molecule has 17 atom stereocenters. The molecule has 5 aromatic carbocycles. The van der Waals surface area contributed by atoms with Crippen molar-refractivity contribution >= 4 is 0 Å². The molecule has 0 aromatic heterocycles. The molecule has 392 valence electrons. The van der Waals surface area contributed by atoms with E-state index < -0.39 is 104 Å². The van der Waals surface area contributed by atoms with Crippen molar-refractivity contribution in [1.29, 1.82) is 0 Å². The lowest BCUT2D eigenvalue weighted by Gasteiger charge is -2.53. The van der Waals surface area contributed by atoms with Crippen LogP contribution in [0.2, 0.25) is 0 Å². The summed E-state index contributed by atoms with van der Waals surface area (Å²) in [5.74, 6) is 0. The van der Waals surface area contributed by atoms with Gasteiger partial charge in [-0.25, -0.2) is 0 Å². The molecular weight excluding hydrogens is 981 g/mol. The third-order valence-electron chi connectivity index (χ3n) is 13.8. The lowest BCUT2D eigenvalue weighted by atomic mass is 9.83. The molecule has 0 N–H and O–H groups in total. The van der Waals surface area contributed by atoms with Crippen molar-refractivity contribution in [3.05, 3.63) is 221 Å². The van der Waals surface area contributed by atoms with Gasteiger partial charge in [-0.3, -0.25) is 0 Å². The highest BCUT2D eigenvalue weighted by molar-refractivity contribution is 5.20. The van der Waals surface area contributed by atoms with Crippen LogP contribution in [0.4, 0.5) is 0 Å². The van der Waals surface area contributed by atoms with Gasteiger partial charge in [0.05, 0.1) is 69.4 Å². The summed E-state index contributed by atoms with van der Waals surface area (Å²) < 4.78 is 74.8. The quantitative estimate of drug-likeness (QED) is 0.0451. The van der Waals surface area contributed by atoms with Gasteiger partial charge >= 0.3 is 0 Å². The van der Waals surface area contributed by atoms with Crippen LogP contribution in [0, 0.1) is 0 Å². The highest BCUT2D eigenvalue weighted by Crippen LogP contribution is 2.44. The molecule has 0 bridgehead atoms. The minimum Gasteiger partial charge on any atom is -0.368 e. The molecule has 0 amide bonds. The van der Waals surface area contributed by atoms with Gasteiger partial charge in [-0.05, 0) is 45.2 Å². The van der Waals surface area contributed by atoms with Crippen molar-refractivity contribution in [1.82, 2.24) is 0 Å². The molecule has 23 nitrogen and oxygen atoms in total. The van der Waals surface area contributed by atoms with Crippen LogP contribution in [-0.4, -0.2) is 105 Å². The van der Waals surface area contributed by atoms with E-state index >= 15 is 0 Å². The van der Waals surface area contributed by atoms with E-state index in [0.717, 1.165) is 22.3 Å². The Kier molecular flexibility index (Phi) is 17.6. The molecule has 10 rings (SSSR count). The first-order chi connectivity index (χ1) is 37.5. The predicted molar refractivity (Wildman–Crippen MR) is 268 cm³/mol. The van der Waals surface area contributed by atoms with E-state index in [9.17, 15) is 22.1 Å². The Hall–Kier alpha value is -7.10. The Morgan fingerprint density at radius 3 is 1.55 bits per heavy atom. The maximum absolute atomic E-state index is 10.2. The molecule has 0 radical (unpaired) electrons. The number of nitrogens with zero attached hydrogens (tertiary/aromatic N) is 12. The summed E-state index contributed by atoms with van der Waals surface area (Å²) >= 11 is 0. The van der Waals surface area contributed by atoms with Crippen LogP contribution in [0.15, 0.2) is 172 Å². The molecule has 0 spiro atoms. The molecule has 5 aliphatic rings. The average Bonchev–Trinajstić information content (AvgIpc) is 3.55. The van der Waals surface area contributed by atoms with E-state index in [1.165, 1.54) is 0 Å². The zero-order valence-corrected chi connectivity index (χ0v) is 40.8. The van der Waals surface area contributed by atoms with Crippen molar-refractivity contribution in [3.63, 3.8) is 0 Å². The summed E-state index contributed by atoms with van der Waals surface area (Å²) in [4.78, 5) is 12.7. The third-order valence-corrected chi connectivity index (χ3v) is 13.8. The molecule has 4 aliphatic heterocycles. The van der Waals surface area contributed by atoms with Gasteiger partial charge in [0.15, 0.2) is 25.2 Å². The summed E-state index contributed by atoms with van der Waals surface area (Å²) in [7, 11) is 0. The van der Waals surface area contributed by atoms with Gasteiger partial charge in [0.25, 0.3) is 0 Å². The van der Waals surface area contributed by atoms with Gasteiger partial charge in [0, 0.05) is 30.8 Å². The van der Waals surface area contributed by atoms with Gasteiger partial charge in [0.1, 0.15) is 42.7 Å². The molecule has 5 fully saturated rings. The first-order valence-electron chi connectivity index (χ1n) is 24.9. The largest absolute Gasteiger partial charge is 0.368 e. The van der Waals surface area contributed by atoms with Crippen LogP contribution < -0.4 is 0 Å². The number of ether oxygens (including phenoxy) is 11. The van der Waals surface area contributed by atoms with Crippen LogP contribution in [-0.2, 0) is 71.9 Å². The number of rotatable bonds is 18. The smallest absolute Gasteiger partial charge is 0.187 e. The summed E-state index contributed by atoms with van der Waals surface area (Å²) in [5, 5.41) is 16.6. The van der Waals surface area contributed by atoms with E-state index in [0.29, 0.717) is 5.56 Å². The number of hydrogen-bond donors (Lipinski definition) is 0. The molecule has 1 aliphatic carbocycles. The first-order valence-corrected chi connectivity index (χ1v) is 24.9. The van der Waals surface area contributed by atoms with E-state index in [1.54, 1.807) is 0 Å². The van der Waals surface area contributed by atoms with Crippen molar-refractivity contribution in [2.45, 2.75) is 131 Å². The van der Waals surface area contributed by atoms with Crippen molar-refractivity contribution in [3.8, 4) is 0 Å². The van der Waals surface area contributed by atoms with E-state index in [-0.39, 0.29) is 39.4 Å². The monoisotopic (exact) mass is 1030 g/mol. The maximum atomic E-state index is 10.2. The zero-order valence-electron chi connectivity index (χ0n) is 40.8. The second-order valence-corrected chi connectivity index (χ2v) is 18.6. The zero-order chi connectivity index (χ0) is 52.1. The average molecular weight is 1040 g/mol. The minimum absolute atomic E-state index is 0.00686. The van der Waals surface area contributed by atoms with Gasteiger partial charge in [-0.15, -0.1) is 0 Å².